The summed E-state index contributed by atoms with van der Waals surface area (Å²) in [4.78, 5) is 6.59. The second-order valence-electron chi connectivity index (χ2n) is 4.35. The highest BCUT2D eigenvalue weighted by molar-refractivity contribution is 7.92. The largest absolute Gasteiger partial charge is 0.494 e. The average Bonchev–Trinajstić information content (AvgIpc) is 2.81. The molecule has 0 aliphatic carbocycles. The summed E-state index contributed by atoms with van der Waals surface area (Å²) in [6, 6.07) is 5.20. The molecule has 0 atom stereocenters. The number of nitrogens with one attached hydrogen (secondary N) is 2. The SMILES string of the molecule is CCOc1ccc(NS(=O)(=O)c2cnc(C)[nH]2)c(C)c1. The maximum absolute atomic E-state index is 12.2. The molecule has 0 aliphatic heterocycles. The Morgan fingerprint density at radius 1 is 1.35 bits per heavy atom. The molecule has 1 heterocycles. The number of ether oxygens (including phenoxy) is 1. The van der Waals surface area contributed by atoms with Crippen molar-refractivity contribution in [3.63, 3.8) is 0 Å². The van der Waals surface area contributed by atoms with Gasteiger partial charge in [0.05, 0.1) is 18.5 Å². The minimum atomic E-state index is -3.65. The lowest BCUT2D eigenvalue weighted by Gasteiger charge is -2.11. The Kier molecular flexibility index (Phi) is 3.99. The predicted octanol–water partition coefficient (Wildman–Crippen LogP) is 2.23. The zero-order valence-corrected chi connectivity index (χ0v) is 12.4. The lowest BCUT2D eigenvalue weighted by molar-refractivity contribution is 0.340. The van der Waals surface area contributed by atoms with Gasteiger partial charge >= 0.3 is 0 Å². The number of imidazole rings is 1. The van der Waals surface area contributed by atoms with Crippen molar-refractivity contribution in [2.24, 2.45) is 0 Å². The molecule has 0 unspecified atom stereocenters. The smallest absolute Gasteiger partial charge is 0.278 e. The third-order valence-electron chi connectivity index (χ3n) is 2.72. The van der Waals surface area contributed by atoms with E-state index in [1.807, 2.05) is 13.8 Å². The van der Waals surface area contributed by atoms with Crippen LogP contribution in [-0.4, -0.2) is 25.0 Å². The van der Waals surface area contributed by atoms with Crippen LogP contribution in [0.1, 0.15) is 18.3 Å². The van der Waals surface area contributed by atoms with Crippen LogP contribution < -0.4 is 9.46 Å². The third kappa shape index (κ3) is 3.11. The minimum absolute atomic E-state index is 0.0447. The van der Waals surface area contributed by atoms with E-state index in [9.17, 15) is 8.42 Å². The first-order valence-electron chi connectivity index (χ1n) is 6.20. The summed E-state index contributed by atoms with van der Waals surface area (Å²) in [6.07, 6.45) is 1.29. The van der Waals surface area contributed by atoms with Gasteiger partial charge in [0.1, 0.15) is 11.6 Å². The van der Waals surface area contributed by atoms with Gasteiger partial charge in [0.25, 0.3) is 10.0 Å². The molecule has 0 saturated heterocycles. The van der Waals surface area contributed by atoms with Crippen LogP contribution in [-0.2, 0) is 10.0 Å². The fourth-order valence-electron chi connectivity index (χ4n) is 1.74. The number of aromatic amines is 1. The molecule has 0 spiro atoms. The van der Waals surface area contributed by atoms with E-state index in [1.54, 1.807) is 25.1 Å². The Balaban J connectivity index is 2.25. The molecule has 7 heteroatoms. The van der Waals surface area contributed by atoms with Gasteiger partial charge < -0.3 is 9.72 Å². The van der Waals surface area contributed by atoms with Crippen molar-refractivity contribution in [2.45, 2.75) is 25.8 Å². The molecule has 1 aromatic heterocycles. The minimum Gasteiger partial charge on any atom is -0.494 e. The third-order valence-corrected chi connectivity index (χ3v) is 4.00. The number of aromatic nitrogens is 2. The lowest BCUT2D eigenvalue weighted by Crippen LogP contribution is -2.14. The van der Waals surface area contributed by atoms with Crippen molar-refractivity contribution in [2.75, 3.05) is 11.3 Å². The Hall–Kier alpha value is -2.02. The second kappa shape index (κ2) is 5.54. The molecule has 6 nitrogen and oxygen atoms in total. The van der Waals surface area contributed by atoms with Crippen LogP contribution >= 0.6 is 0 Å². The molecule has 0 bridgehead atoms. The van der Waals surface area contributed by atoms with Crippen LogP contribution in [0.2, 0.25) is 0 Å². The number of hydrogen-bond donors (Lipinski definition) is 2. The van der Waals surface area contributed by atoms with Crippen molar-refractivity contribution < 1.29 is 13.2 Å². The topological polar surface area (TPSA) is 84.1 Å². The van der Waals surface area contributed by atoms with Gasteiger partial charge in [-0.3, -0.25) is 4.72 Å². The van der Waals surface area contributed by atoms with Crippen molar-refractivity contribution in [3.05, 3.63) is 35.8 Å². The van der Waals surface area contributed by atoms with E-state index in [4.69, 9.17) is 4.74 Å². The van der Waals surface area contributed by atoms with E-state index in [0.29, 0.717) is 23.9 Å². The standard InChI is InChI=1S/C13H17N3O3S/c1-4-19-11-5-6-12(9(2)7-11)16-20(17,18)13-8-14-10(3)15-13/h5-8,16H,4H2,1-3H3,(H,14,15). The van der Waals surface area contributed by atoms with Crippen molar-refractivity contribution in [1.82, 2.24) is 9.97 Å². The van der Waals surface area contributed by atoms with Gasteiger partial charge in [-0.25, -0.2) is 4.98 Å². The molecule has 2 rings (SSSR count). The van der Waals surface area contributed by atoms with E-state index in [2.05, 4.69) is 14.7 Å². The van der Waals surface area contributed by atoms with Crippen LogP contribution in [0, 0.1) is 13.8 Å². The lowest BCUT2D eigenvalue weighted by atomic mass is 10.2. The van der Waals surface area contributed by atoms with Gasteiger partial charge in [-0.1, -0.05) is 0 Å². The number of H-pyrrole nitrogens is 1. The molecule has 0 saturated carbocycles. The molecule has 20 heavy (non-hydrogen) atoms. The zero-order valence-electron chi connectivity index (χ0n) is 11.6. The fraction of sp³-hybridized carbons (Fsp3) is 0.308. The molecule has 1 aromatic carbocycles. The predicted molar refractivity (Wildman–Crippen MR) is 76.5 cm³/mol. The van der Waals surface area contributed by atoms with Crippen molar-refractivity contribution >= 4 is 15.7 Å². The van der Waals surface area contributed by atoms with Crippen LogP contribution in [0.25, 0.3) is 0 Å². The van der Waals surface area contributed by atoms with Crippen molar-refractivity contribution in [1.29, 1.82) is 0 Å². The fourth-order valence-corrected chi connectivity index (χ4v) is 2.84. The molecule has 2 N–H and O–H groups in total. The van der Waals surface area contributed by atoms with E-state index in [-0.39, 0.29) is 5.03 Å². The number of aryl methyl sites for hydroxylation is 2. The maximum atomic E-state index is 12.2. The summed E-state index contributed by atoms with van der Waals surface area (Å²) in [5.74, 6) is 1.26. The molecule has 0 aliphatic rings. The zero-order chi connectivity index (χ0) is 14.8. The number of hydrogen-bond acceptors (Lipinski definition) is 4. The average molecular weight is 295 g/mol. The van der Waals surface area contributed by atoms with Gasteiger partial charge in [-0.2, -0.15) is 8.42 Å². The molecular weight excluding hydrogens is 278 g/mol. The van der Waals surface area contributed by atoms with Gasteiger partial charge in [-0.15, -0.1) is 0 Å². The molecule has 0 fully saturated rings. The van der Waals surface area contributed by atoms with Crippen LogP contribution in [0.3, 0.4) is 0 Å². The highest BCUT2D eigenvalue weighted by atomic mass is 32.2. The normalized spacial score (nSPS) is 11.3. The molecule has 2 aromatic rings. The molecule has 0 radical (unpaired) electrons. The quantitative estimate of drug-likeness (QED) is 0.886. The monoisotopic (exact) mass is 295 g/mol. The maximum Gasteiger partial charge on any atom is 0.278 e. The first-order valence-corrected chi connectivity index (χ1v) is 7.68. The molecule has 0 amide bonds. The van der Waals surface area contributed by atoms with Crippen molar-refractivity contribution in [3.8, 4) is 5.75 Å². The Bertz CT molecular complexity index is 707. The van der Waals surface area contributed by atoms with Gasteiger partial charge in [0.2, 0.25) is 0 Å². The van der Waals surface area contributed by atoms with Gasteiger partial charge in [0, 0.05) is 0 Å². The Morgan fingerprint density at radius 2 is 2.10 bits per heavy atom. The first kappa shape index (κ1) is 14.4. The summed E-state index contributed by atoms with van der Waals surface area (Å²) in [5, 5.41) is 0.0447. The van der Waals surface area contributed by atoms with Crippen LogP contribution in [0.5, 0.6) is 5.75 Å². The number of rotatable bonds is 5. The highest BCUT2D eigenvalue weighted by Crippen LogP contribution is 2.23. The van der Waals surface area contributed by atoms with E-state index in [0.717, 1.165) is 5.56 Å². The molecule has 108 valence electrons. The van der Waals surface area contributed by atoms with Gasteiger partial charge in [-0.05, 0) is 44.5 Å². The highest BCUT2D eigenvalue weighted by Gasteiger charge is 2.17. The summed E-state index contributed by atoms with van der Waals surface area (Å²) < 4.78 is 32.2. The number of nitrogens with zero attached hydrogens (tertiary/aromatic N) is 1. The molecular formula is C13H17N3O3S. The van der Waals surface area contributed by atoms with Crippen LogP contribution in [0.15, 0.2) is 29.4 Å². The Labute approximate surface area is 118 Å². The van der Waals surface area contributed by atoms with Gasteiger partial charge in [0.15, 0.2) is 5.03 Å². The number of benzene rings is 1. The summed E-state index contributed by atoms with van der Waals surface area (Å²) in [5.41, 5.74) is 1.30. The summed E-state index contributed by atoms with van der Waals surface area (Å²) >= 11 is 0. The summed E-state index contributed by atoms with van der Waals surface area (Å²) in [7, 11) is -3.65. The van der Waals surface area contributed by atoms with E-state index < -0.39 is 10.0 Å². The van der Waals surface area contributed by atoms with E-state index in [1.165, 1.54) is 6.20 Å². The summed E-state index contributed by atoms with van der Waals surface area (Å²) in [6.45, 7) is 5.98. The number of anilines is 1. The Morgan fingerprint density at radius 3 is 2.65 bits per heavy atom. The first-order chi connectivity index (χ1) is 9.42. The van der Waals surface area contributed by atoms with Crippen LogP contribution in [0.4, 0.5) is 5.69 Å². The number of sulfonamides is 1. The van der Waals surface area contributed by atoms with E-state index >= 15 is 0 Å². The second-order valence-corrected chi connectivity index (χ2v) is 6.00.